The molecular weight excluding hydrogens is 266 g/mol. The van der Waals surface area contributed by atoms with E-state index >= 15 is 0 Å². The molecule has 0 saturated carbocycles. The van der Waals surface area contributed by atoms with E-state index in [2.05, 4.69) is 11.4 Å². The Morgan fingerprint density at radius 1 is 1.74 bits per heavy atom. The third-order valence-corrected chi connectivity index (χ3v) is 4.80. The molecule has 0 aromatic carbocycles. The highest BCUT2D eigenvalue weighted by molar-refractivity contribution is 8.00. The highest BCUT2D eigenvalue weighted by atomic mass is 32.2. The summed E-state index contributed by atoms with van der Waals surface area (Å²) >= 11 is 1.56. The van der Waals surface area contributed by atoms with Gasteiger partial charge in [0.2, 0.25) is 0 Å². The van der Waals surface area contributed by atoms with Crippen LogP contribution in [0.3, 0.4) is 0 Å². The molecule has 2 aliphatic heterocycles. The molecule has 2 rings (SSSR count). The first-order valence-corrected chi connectivity index (χ1v) is 7.29. The number of carboxylic acid groups (broad SMARTS) is 1. The fraction of sp³-hybridized carbons (Fsp3) is 0.750. The molecule has 0 radical (unpaired) electrons. The van der Waals surface area contributed by atoms with Crippen LogP contribution in [-0.2, 0) is 4.79 Å². The molecule has 0 aromatic heterocycles. The summed E-state index contributed by atoms with van der Waals surface area (Å²) in [7, 11) is 0. The summed E-state index contributed by atoms with van der Waals surface area (Å²) in [5.41, 5.74) is -1.06. The van der Waals surface area contributed by atoms with Crippen LogP contribution in [0.25, 0.3) is 0 Å². The van der Waals surface area contributed by atoms with Gasteiger partial charge < -0.3 is 15.3 Å². The van der Waals surface area contributed by atoms with Crippen molar-refractivity contribution in [1.82, 2.24) is 10.2 Å². The molecule has 2 fully saturated rings. The first kappa shape index (κ1) is 14.0. The van der Waals surface area contributed by atoms with Crippen LogP contribution in [-0.4, -0.2) is 44.7 Å². The summed E-state index contributed by atoms with van der Waals surface area (Å²) < 4.78 is 0. The second-order valence-electron chi connectivity index (χ2n) is 5.46. The maximum atomic E-state index is 12.6. The van der Waals surface area contributed by atoms with Gasteiger partial charge in [-0.05, 0) is 12.3 Å². The van der Waals surface area contributed by atoms with Gasteiger partial charge in [0.05, 0.1) is 11.4 Å². The van der Waals surface area contributed by atoms with Gasteiger partial charge in [0, 0.05) is 12.2 Å². The van der Waals surface area contributed by atoms with Crippen molar-refractivity contribution in [3.05, 3.63) is 0 Å². The predicted octanol–water partition coefficient (Wildman–Crippen LogP) is 1.24. The monoisotopic (exact) mass is 283 g/mol. The molecule has 2 saturated heterocycles. The van der Waals surface area contributed by atoms with Crippen molar-refractivity contribution in [2.24, 2.45) is 5.92 Å². The van der Waals surface area contributed by atoms with E-state index in [1.54, 1.807) is 16.7 Å². The molecule has 0 aliphatic carbocycles. The van der Waals surface area contributed by atoms with Crippen molar-refractivity contribution < 1.29 is 14.7 Å². The SMILES string of the molecule is CC(C)C[C@@]1(NC(=O)O)C[C@@H]2SC[C@@H](C#N)N2C1=O. The molecule has 0 aromatic rings. The predicted molar refractivity (Wildman–Crippen MR) is 70.5 cm³/mol. The van der Waals surface area contributed by atoms with Crippen LogP contribution in [0, 0.1) is 17.2 Å². The number of hydrogen-bond acceptors (Lipinski definition) is 4. The zero-order valence-corrected chi connectivity index (χ0v) is 11.7. The van der Waals surface area contributed by atoms with Crippen LogP contribution in [0.5, 0.6) is 0 Å². The second-order valence-corrected chi connectivity index (χ2v) is 6.67. The quantitative estimate of drug-likeness (QED) is 0.812. The van der Waals surface area contributed by atoms with Crippen LogP contribution < -0.4 is 5.32 Å². The van der Waals surface area contributed by atoms with Crippen LogP contribution in [0.15, 0.2) is 0 Å². The van der Waals surface area contributed by atoms with Gasteiger partial charge >= 0.3 is 6.09 Å². The normalized spacial score (nSPS) is 33.4. The number of carbonyl (C=O) groups excluding carboxylic acids is 1. The average molecular weight is 283 g/mol. The summed E-state index contributed by atoms with van der Waals surface area (Å²) in [5.74, 6) is 0.559. The number of hydrogen-bond donors (Lipinski definition) is 2. The fourth-order valence-corrected chi connectivity index (χ4v) is 4.40. The molecular formula is C12H17N3O3S. The lowest BCUT2D eigenvalue weighted by molar-refractivity contribution is -0.134. The molecule has 0 spiro atoms. The Balaban J connectivity index is 2.29. The van der Waals surface area contributed by atoms with E-state index < -0.39 is 17.7 Å². The van der Waals surface area contributed by atoms with E-state index in [-0.39, 0.29) is 17.2 Å². The summed E-state index contributed by atoms with van der Waals surface area (Å²) in [5, 5.41) is 20.4. The Hall–Kier alpha value is -1.42. The smallest absolute Gasteiger partial charge is 0.405 e. The minimum Gasteiger partial charge on any atom is -0.465 e. The number of nitrogens with zero attached hydrogens (tertiary/aromatic N) is 2. The van der Waals surface area contributed by atoms with Crippen molar-refractivity contribution >= 4 is 23.8 Å². The molecule has 104 valence electrons. The van der Waals surface area contributed by atoms with Crippen molar-refractivity contribution in [2.75, 3.05) is 5.75 Å². The van der Waals surface area contributed by atoms with Gasteiger partial charge in [-0.25, -0.2) is 4.79 Å². The molecule has 3 atom stereocenters. The van der Waals surface area contributed by atoms with Crippen molar-refractivity contribution in [3.63, 3.8) is 0 Å². The van der Waals surface area contributed by atoms with Crippen LogP contribution >= 0.6 is 11.8 Å². The van der Waals surface area contributed by atoms with Gasteiger partial charge in [0.25, 0.3) is 5.91 Å². The molecule has 2 heterocycles. The van der Waals surface area contributed by atoms with Crippen molar-refractivity contribution in [3.8, 4) is 6.07 Å². The van der Waals surface area contributed by atoms with Gasteiger partial charge in [0.1, 0.15) is 11.6 Å². The maximum Gasteiger partial charge on any atom is 0.405 e. The van der Waals surface area contributed by atoms with Crippen LogP contribution in [0.4, 0.5) is 4.79 Å². The average Bonchev–Trinajstić information content (AvgIpc) is 2.77. The molecule has 2 aliphatic rings. The largest absolute Gasteiger partial charge is 0.465 e. The zero-order chi connectivity index (χ0) is 14.2. The maximum absolute atomic E-state index is 12.6. The molecule has 0 unspecified atom stereocenters. The Morgan fingerprint density at radius 3 is 2.95 bits per heavy atom. The minimum absolute atomic E-state index is 0.0808. The Bertz CT molecular complexity index is 448. The Kier molecular flexibility index (Phi) is 3.63. The van der Waals surface area contributed by atoms with Gasteiger partial charge in [-0.2, -0.15) is 5.26 Å². The number of thioether (sulfide) groups is 1. The number of rotatable bonds is 3. The number of amides is 2. The highest BCUT2D eigenvalue weighted by Crippen LogP contribution is 2.44. The number of fused-ring (bicyclic) bond motifs is 1. The van der Waals surface area contributed by atoms with Crippen LogP contribution in [0.2, 0.25) is 0 Å². The minimum atomic E-state index is -1.19. The van der Waals surface area contributed by atoms with E-state index in [0.717, 1.165) is 0 Å². The molecule has 2 N–H and O–H groups in total. The van der Waals surface area contributed by atoms with Crippen LogP contribution in [0.1, 0.15) is 26.7 Å². The van der Waals surface area contributed by atoms with E-state index in [9.17, 15) is 9.59 Å². The van der Waals surface area contributed by atoms with Gasteiger partial charge in [0.15, 0.2) is 0 Å². The zero-order valence-electron chi connectivity index (χ0n) is 10.9. The lowest BCUT2D eigenvalue weighted by atomic mass is 9.87. The first-order valence-electron chi connectivity index (χ1n) is 6.25. The van der Waals surface area contributed by atoms with Gasteiger partial charge in [-0.1, -0.05) is 13.8 Å². The van der Waals surface area contributed by atoms with E-state index in [1.165, 1.54) is 0 Å². The third-order valence-electron chi connectivity index (χ3n) is 3.51. The van der Waals surface area contributed by atoms with Crippen molar-refractivity contribution in [1.29, 1.82) is 5.26 Å². The molecule has 2 amide bonds. The first-order chi connectivity index (χ1) is 8.89. The summed E-state index contributed by atoms with van der Waals surface area (Å²) in [4.78, 5) is 25.1. The lowest BCUT2D eigenvalue weighted by Crippen LogP contribution is -2.55. The third kappa shape index (κ3) is 2.37. The highest BCUT2D eigenvalue weighted by Gasteiger charge is 2.57. The summed E-state index contributed by atoms with van der Waals surface area (Å²) in [6.07, 6.45) is -0.281. The number of carbonyl (C=O) groups is 2. The van der Waals surface area contributed by atoms with Gasteiger partial charge in [-0.3, -0.25) is 4.79 Å². The van der Waals surface area contributed by atoms with E-state index in [4.69, 9.17) is 10.4 Å². The summed E-state index contributed by atoms with van der Waals surface area (Å²) in [6, 6.07) is 1.68. The van der Waals surface area contributed by atoms with E-state index in [0.29, 0.717) is 18.6 Å². The molecule has 19 heavy (non-hydrogen) atoms. The Labute approximate surface area is 116 Å². The standard InChI is InChI=1S/C12H17N3O3S/c1-7(2)3-12(14-11(17)18)4-9-15(10(12)16)8(5-13)6-19-9/h7-9,14H,3-4,6H2,1-2H3,(H,17,18)/t8-,9+,12-/m1/s1. The topological polar surface area (TPSA) is 93.4 Å². The number of nitrogens with one attached hydrogen (secondary N) is 1. The van der Waals surface area contributed by atoms with Crippen molar-refractivity contribution in [2.45, 2.75) is 43.6 Å². The lowest BCUT2D eigenvalue weighted by Gasteiger charge is -2.29. The Morgan fingerprint density at radius 2 is 2.42 bits per heavy atom. The van der Waals surface area contributed by atoms with E-state index in [1.807, 2.05) is 13.8 Å². The summed E-state index contributed by atoms with van der Waals surface area (Å²) in [6.45, 7) is 3.91. The fourth-order valence-electron chi connectivity index (χ4n) is 2.95. The van der Waals surface area contributed by atoms with Gasteiger partial charge in [-0.15, -0.1) is 11.8 Å². The molecule has 6 nitrogen and oxygen atoms in total. The molecule has 0 bridgehead atoms. The molecule has 7 heteroatoms. The second kappa shape index (κ2) is 4.93. The number of nitriles is 1.